The van der Waals surface area contributed by atoms with Gasteiger partial charge in [-0.3, -0.25) is 0 Å². The van der Waals surface area contributed by atoms with Crippen LogP contribution in [0.1, 0.15) is 5.56 Å². The summed E-state index contributed by atoms with van der Waals surface area (Å²) in [6.07, 6.45) is 3.36. The number of hydrogen-bond donors (Lipinski definition) is 1. The van der Waals surface area contributed by atoms with Crippen LogP contribution in [-0.4, -0.2) is 9.51 Å². The standard InChI is InChI=1S/C15H9ClN2O2/c16-11-6-15(20-14-4-2-1-3-13(14)19)12-5-10(7-17)8-18(12)9-11/h1-6,8-9,19H. The molecule has 0 saturated carbocycles. The van der Waals surface area contributed by atoms with Crippen LogP contribution in [0.5, 0.6) is 17.2 Å². The van der Waals surface area contributed by atoms with Crippen molar-refractivity contribution in [2.75, 3.05) is 0 Å². The van der Waals surface area contributed by atoms with Crippen molar-refractivity contribution in [3.8, 4) is 23.3 Å². The van der Waals surface area contributed by atoms with Gasteiger partial charge >= 0.3 is 0 Å². The van der Waals surface area contributed by atoms with Gasteiger partial charge in [-0.1, -0.05) is 23.7 Å². The molecular formula is C15H9ClN2O2. The smallest absolute Gasteiger partial charge is 0.169 e. The lowest BCUT2D eigenvalue weighted by Gasteiger charge is -2.09. The minimum atomic E-state index is 0.0395. The van der Waals surface area contributed by atoms with E-state index in [1.165, 1.54) is 6.07 Å². The fourth-order valence-corrected chi connectivity index (χ4v) is 2.16. The highest BCUT2D eigenvalue weighted by atomic mass is 35.5. The second-order valence-corrected chi connectivity index (χ2v) is 4.66. The number of pyridine rings is 1. The molecule has 0 amide bonds. The van der Waals surface area contributed by atoms with Crippen LogP contribution in [0.3, 0.4) is 0 Å². The van der Waals surface area contributed by atoms with E-state index in [9.17, 15) is 5.11 Å². The monoisotopic (exact) mass is 284 g/mol. The van der Waals surface area contributed by atoms with Gasteiger partial charge in [-0.25, -0.2) is 0 Å². The highest BCUT2D eigenvalue weighted by Crippen LogP contribution is 2.34. The highest BCUT2D eigenvalue weighted by molar-refractivity contribution is 6.30. The molecule has 2 aromatic heterocycles. The van der Waals surface area contributed by atoms with Crippen LogP contribution in [-0.2, 0) is 0 Å². The molecule has 0 spiro atoms. The van der Waals surface area contributed by atoms with Gasteiger partial charge in [-0.05, 0) is 18.2 Å². The lowest BCUT2D eigenvalue weighted by molar-refractivity contribution is 0.413. The zero-order valence-corrected chi connectivity index (χ0v) is 11.0. The molecule has 4 nitrogen and oxygen atoms in total. The second-order valence-electron chi connectivity index (χ2n) is 4.23. The van der Waals surface area contributed by atoms with Crippen molar-refractivity contribution in [2.45, 2.75) is 0 Å². The molecule has 0 bridgehead atoms. The van der Waals surface area contributed by atoms with E-state index < -0.39 is 0 Å². The number of phenols is 1. The first-order chi connectivity index (χ1) is 9.67. The molecular weight excluding hydrogens is 276 g/mol. The molecule has 3 rings (SSSR count). The van der Waals surface area contributed by atoms with Crippen LogP contribution in [0.25, 0.3) is 5.52 Å². The van der Waals surface area contributed by atoms with Crippen molar-refractivity contribution in [3.05, 3.63) is 59.4 Å². The van der Waals surface area contributed by atoms with Gasteiger partial charge in [0.15, 0.2) is 17.2 Å². The predicted octanol–water partition coefficient (Wildman–Crippen LogP) is 3.96. The topological polar surface area (TPSA) is 57.7 Å². The van der Waals surface area contributed by atoms with Crippen LogP contribution in [0.2, 0.25) is 5.02 Å². The van der Waals surface area contributed by atoms with E-state index in [0.29, 0.717) is 27.6 Å². The summed E-state index contributed by atoms with van der Waals surface area (Å²) >= 11 is 6.04. The van der Waals surface area contributed by atoms with E-state index in [1.54, 1.807) is 47.1 Å². The normalized spacial score (nSPS) is 10.4. The molecule has 5 heteroatoms. The first kappa shape index (κ1) is 12.4. The third-order valence-corrected chi connectivity index (χ3v) is 3.05. The number of halogens is 1. The van der Waals surface area contributed by atoms with Crippen molar-refractivity contribution >= 4 is 17.1 Å². The molecule has 98 valence electrons. The number of benzene rings is 1. The minimum Gasteiger partial charge on any atom is -0.504 e. The molecule has 0 fully saturated rings. The quantitative estimate of drug-likeness (QED) is 0.775. The Labute approximate surface area is 120 Å². The lowest BCUT2D eigenvalue weighted by atomic mass is 10.3. The summed E-state index contributed by atoms with van der Waals surface area (Å²) in [6.45, 7) is 0. The molecule has 1 N–H and O–H groups in total. The number of aromatic nitrogens is 1. The van der Waals surface area contributed by atoms with Crippen molar-refractivity contribution in [3.63, 3.8) is 0 Å². The van der Waals surface area contributed by atoms with Crippen molar-refractivity contribution in [2.24, 2.45) is 0 Å². The van der Waals surface area contributed by atoms with Crippen LogP contribution >= 0.6 is 11.6 Å². The number of nitrogens with zero attached hydrogens (tertiary/aromatic N) is 2. The summed E-state index contributed by atoms with van der Waals surface area (Å²) < 4.78 is 7.41. The number of nitriles is 1. The number of ether oxygens (including phenoxy) is 1. The molecule has 1 aromatic carbocycles. The predicted molar refractivity (Wildman–Crippen MR) is 75.3 cm³/mol. The Balaban J connectivity index is 2.14. The number of fused-ring (bicyclic) bond motifs is 1. The first-order valence-electron chi connectivity index (χ1n) is 5.84. The number of para-hydroxylation sites is 2. The van der Waals surface area contributed by atoms with Gasteiger partial charge in [0.2, 0.25) is 0 Å². The van der Waals surface area contributed by atoms with Gasteiger partial charge in [-0.15, -0.1) is 0 Å². The van der Waals surface area contributed by atoms with Gasteiger partial charge < -0.3 is 14.2 Å². The van der Waals surface area contributed by atoms with E-state index >= 15 is 0 Å². The van der Waals surface area contributed by atoms with Gasteiger partial charge in [0, 0.05) is 18.5 Å². The average molecular weight is 285 g/mol. The Morgan fingerprint density at radius 1 is 1.15 bits per heavy atom. The molecule has 0 aliphatic carbocycles. The summed E-state index contributed by atoms with van der Waals surface area (Å²) in [5, 5.41) is 19.2. The number of phenolic OH excluding ortho intramolecular Hbond substituents is 1. The highest BCUT2D eigenvalue weighted by Gasteiger charge is 2.10. The summed E-state index contributed by atoms with van der Waals surface area (Å²) in [5.74, 6) is 0.842. The molecule has 0 atom stereocenters. The van der Waals surface area contributed by atoms with Gasteiger partial charge in [0.25, 0.3) is 0 Å². The maximum absolute atomic E-state index is 9.75. The molecule has 20 heavy (non-hydrogen) atoms. The van der Waals surface area contributed by atoms with Gasteiger partial charge in [0.1, 0.15) is 6.07 Å². The fourth-order valence-electron chi connectivity index (χ4n) is 1.96. The summed E-state index contributed by atoms with van der Waals surface area (Å²) in [7, 11) is 0. The summed E-state index contributed by atoms with van der Waals surface area (Å²) in [4.78, 5) is 0. The first-order valence-corrected chi connectivity index (χ1v) is 6.22. The molecule has 0 aliphatic rings. The average Bonchev–Trinajstić information content (AvgIpc) is 2.84. The van der Waals surface area contributed by atoms with Gasteiger partial charge in [-0.2, -0.15) is 5.26 Å². The van der Waals surface area contributed by atoms with E-state index in [0.717, 1.165) is 0 Å². The molecule has 0 saturated heterocycles. The van der Waals surface area contributed by atoms with E-state index in [2.05, 4.69) is 6.07 Å². The zero-order valence-electron chi connectivity index (χ0n) is 10.2. The van der Waals surface area contributed by atoms with E-state index in [1.807, 2.05) is 0 Å². The minimum absolute atomic E-state index is 0.0395. The SMILES string of the molecule is N#Cc1cc2c(Oc3ccccc3O)cc(Cl)cn2c1. The molecule has 2 heterocycles. The number of aromatic hydroxyl groups is 1. The van der Waals surface area contributed by atoms with Crippen molar-refractivity contribution < 1.29 is 9.84 Å². The fraction of sp³-hybridized carbons (Fsp3) is 0. The Morgan fingerprint density at radius 2 is 1.95 bits per heavy atom. The van der Waals surface area contributed by atoms with Crippen LogP contribution in [0.4, 0.5) is 0 Å². The largest absolute Gasteiger partial charge is 0.504 e. The number of rotatable bonds is 2. The third kappa shape index (κ3) is 2.15. The van der Waals surface area contributed by atoms with E-state index in [4.69, 9.17) is 21.6 Å². The van der Waals surface area contributed by atoms with E-state index in [-0.39, 0.29) is 5.75 Å². The van der Waals surface area contributed by atoms with Gasteiger partial charge in [0.05, 0.1) is 16.1 Å². The maximum Gasteiger partial charge on any atom is 0.169 e. The molecule has 0 unspecified atom stereocenters. The Kier molecular flexibility index (Phi) is 2.97. The summed E-state index contributed by atoms with van der Waals surface area (Å²) in [6, 6.07) is 12.1. The Hall–Kier alpha value is -2.64. The third-order valence-electron chi connectivity index (χ3n) is 2.85. The maximum atomic E-state index is 9.75. The zero-order chi connectivity index (χ0) is 14.1. The van der Waals surface area contributed by atoms with Crippen molar-refractivity contribution in [1.29, 1.82) is 5.26 Å². The second kappa shape index (κ2) is 4.80. The van der Waals surface area contributed by atoms with Crippen LogP contribution in [0, 0.1) is 11.3 Å². The molecule has 0 radical (unpaired) electrons. The Morgan fingerprint density at radius 3 is 2.70 bits per heavy atom. The molecule has 3 aromatic rings. The van der Waals surface area contributed by atoms with Crippen LogP contribution in [0.15, 0.2) is 48.8 Å². The van der Waals surface area contributed by atoms with Crippen LogP contribution < -0.4 is 4.74 Å². The Bertz CT molecular complexity index is 833. The summed E-state index contributed by atoms with van der Waals surface area (Å²) in [5.41, 5.74) is 1.21. The number of hydrogen-bond acceptors (Lipinski definition) is 3. The lowest BCUT2D eigenvalue weighted by Crippen LogP contribution is -1.89. The van der Waals surface area contributed by atoms with Crippen molar-refractivity contribution in [1.82, 2.24) is 4.40 Å². The molecule has 0 aliphatic heterocycles.